The predicted octanol–water partition coefficient (Wildman–Crippen LogP) is 4.54. The second-order valence-electron chi connectivity index (χ2n) is 9.79. The third-order valence-electron chi connectivity index (χ3n) is 7.19. The zero-order valence-corrected chi connectivity index (χ0v) is 20.8. The van der Waals surface area contributed by atoms with Crippen LogP contribution in [0.2, 0.25) is 0 Å². The van der Waals surface area contributed by atoms with Crippen molar-refractivity contribution in [1.82, 2.24) is 15.2 Å². The van der Waals surface area contributed by atoms with Crippen molar-refractivity contribution in [2.24, 2.45) is 11.0 Å². The summed E-state index contributed by atoms with van der Waals surface area (Å²) in [6, 6.07) is 0.685. The predicted molar refractivity (Wildman–Crippen MR) is 131 cm³/mol. The van der Waals surface area contributed by atoms with E-state index >= 15 is 0 Å². The van der Waals surface area contributed by atoms with Gasteiger partial charge in [-0.05, 0) is 46.1 Å². The van der Waals surface area contributed by atoms with Crippen molar-refractivity contribution in [1.29, 1.82) is 0 Å². The lowest BCUT2D eigenvalue weighted by Crippen LogP contribution is -2.57. The summed E-state index contributed by atoms with van der Waals surface area (Å²) in [6.45, 7) is 4.26. The molecule has 1 aliphatic carbocycles. The minimum Gasteiger partial charge on any atom is -0.357 e. The third kappa shape index (κ3) is 7.37. The van der Waals surface area contributed by atoms with Crippen LogP contribution in [0.5, 0.6) is 0 Å². The molecule has 0 aromatic rings. The molecule has 2 fully saturated rings. The van der Waals surface area contributed by atoms with Crippen LogP contribution in [-0.4, -0.2) is 73.0 Å². The van der Waals surface area contributed by atoms with Crippen LogP contribution in [0.25, 0.3) is 0 Å². The Bertz CT molecular complexity index is 590. The van der Waals surface area contributed by atoms with E-state index in [0.29, 0.717) is 18.5 Å². The van der Waals surface area contributed by atoms with E-state index in [2.05, 4.69) is 24.4 Å². The van der Waals surface area contributed by atoms with Crippen LogP contribution in [0.3, 0.4) is 0 Å². The SMILES string of the molecule is CNC1CCCCCCC(C2(CN3N=CN(C)CC3=S)OCCC(C)O2)CCCCC1. The summed E-state index contributed by atoms with van der Waals surface area (Å²) < 4.78 is 13.2. The molecule has 4 unspecified atom stereocenters. The van der Waals surface area contributed by atoms with E-state index in [9.17, 15) is 0 Å². The molecule has 3 aliphatic rings. The smallest absolute Gasteiger partial charge is 0.191 e. The van der Waals surface area contributed by atoms with E-state index in [-0.39, 0.29) is 6.10 Å². The molecule has 2 heterocycles. The molecule has 6 nitrogen and oxygen atoms in total. The van der Waals surface area contributed by atoms with Gasteiger partial charge in [-0.25, -0.2) is 0 Å². The van der Waals surface area contributed by atoms with Gasteiger partial charge < -0.3 is 19.7 Å². The summed E-state index contributed by atoms with van der Waals surface area (Å²) in [5.74, 6) is -0.225. The third-order valence-corrected chi connectivity index (χ3v) is 7.53. The second kappa shape index (κ2) is 12.5. The summed E-state index contributed by atoms with van der Waals surface area (Å²) in [7, 11) is 4.12. The van der Waals surface area contributed by atoms with Crippen LogP contribution in [0.4, 0.5) is 0 Å². The first kappa shape index (κ1) is 24.9. The first-order valence-electron chi connectivity index (χ1n) is 12.6. The van der Waals surface area contributed by atoms with Gasteiger partial charge in [0.05, 0.1) is 25.8 Å². The number of likely N-dealkylation sites (N-methyl/N-ethyl adjacent to an activating group) is 1. The maximum absolute atomic E-state index is 6.65. The van der Waals surface area contributed by atoms with Crippen LogP contribution in [-0.2, 0) is 9.47 Å². The number of ether oxygens (including phenoxy) is 2. The van der Waals surface area contributed by atoms with Gasteiger partial charge in [0.15, 0.2) is 5.79 Å². The molecule has 1 N–H and O–H groups in total. The number of rotatable bonds is 4. The van der Waals surface area contributed by atoms with Crippen LogP contribution >= 0.6 is 12.2 Å². The Morgan fingerprint density at radius 1 is 1.06 bits per heavy atom. The van der Waals surface area contributed by atoms with Gasteiger partial charge in [-0.15, -0.1) is 0 Å². The highest BCUT2D eigenvalue weighted by Gasteiger charge is 2.46. The quantitative estimate of drug-likeness (QED) is 0.632. The molecule has 4 atom stereocenters. The second-order valence-corrected chi connectivity index (χ2v) is 10.3. The van der Waals surface area contributed by atoms with E-state index in [0.717, 1.165) is 37.4 Å². The highest BCUT2D eigenvalue weighted by molar-refractivity contribution is 7.80. The van der Waals surface area contributed by atoms with E-state index in [1.54, 1.807) is 0 Å². The molecule has 0 amide bonds. The molecule has 0 aromatic carbocycles. The van der Waals surface area contributed by atoms with Crippen LogP contribution in [0.1, 0.15) is 84.0 Å². The number of hydrogen-bond donors (Lipinski definition) is 1. The molecule has 0 spiro atoms. The average molecular weight is 453 g/mol. The van der Waals surface area contributed by atoms with Gasteiger partial charge in [0, 0.05) is 19.0 Å². The van der Waals surface area contributed by atoms with Crippen molar-refractivity contribution in [2.45, 2.75) is 102 Å². The molecule has 1 saturated heterocycles. The Kier molecular flexibility index (Phi) is 10.0. The minimum atomic E-state index is -0.608. The van der Waals surface area contributed by atoms with E-state index in [4.69, 9.17) is 21.7 Å². The van der Waals surface area contributed by atoms with Crippen molar-refractivity contribution in [3.8, 4) is 0 Å². The van der Waals surface area contributed by atoms with Crippen molar-refractivity contribution in [2.75, 3.05) is 33.8 Å². The van der Waals surface area contributed by atoms with E-state index in [1.807, 2.05) is 23.3 Å². The number of hydrazone groups is 1. The van der Waals surface area contributed by atoms with Crippen LogP contribution in [0, 0.1) is 5.92 Å². The first-order valence-corrected chi connectivity index (χ1v) is 13.0. The van der Waals surface area contributed by atoms with Crippen LogP contribution in [0.15, 0.2) is 5.10 Å². The molecule has 31 heavy (non-hydrogen) atoms. The number of nitrogens with one attached hydrogen (secondary N) is 1. The lowest BCUT2D eigenvalue weighted by molar-refractivity contribution is -0.319. The van der Waals surface area contributed by atoms with Crippen molar-refractivity contribution in [3.05, 3.63) is 0 Å². The largest absolute Gasteiger partial charge is 0.357 e. The maximum Gasteiger partial charge on any atom is 0.191 e. The Hall–Kier alpha value is -0.760. The van der Waals surface area contributed by atoms with Gasteiger partial charge >= 0.3 is 0 Å². The summed E-state index contributed by atoms with van der Waals surface area (Å²) in [6.07, 6.45) is 17.0. The van der Waals surface area contributed by atoms with Gasteiger partial charge in [-0.2, -0.15) is 5.10 Å². The number of nitrogens with zero attached hydrogens (tertiary/aromatic N) is 3. The van der Waals surface area contributed by atoms with Crippen molar-refractivity contribution >= 4 is 23.5 Å². The maximum atomic E-state index is 6.65. The lowest BCUT2D eigenvalue weighted by atomic mass is 9.86. The van der Waals surface area contributed by atoms with Gasteiger partial charge in [0.25, 0.3) is 0 Å². The standard InChI is InChI=1S/C24H44N4O2S/c1-20-15-16-29-24(30-20,18-28-23(31)17-27(3)19-26-28)21-11-7-4-5-9-13-22(25-2)14-10-6-8-12-21/h19-22,25H,4-18H2,1-3H3. The van der Waals surface area contributed by atoms with Gasteiger partial charge in [0.2, 0.25) is 0 Å². The summed E-state index contributed by atoms with van der Waals surface area (Å²) in [5.41, 5.74) is 0. The van der Waals surface area contributed by atoms with E-state index < -0.39 is 5.79 Å². The van der Waals surface area contributed by atoms with E-state index in [1.165, 1.54) is 57.8 Å². The van der Waals surface area contributed by atoms with Crippen molar-refractivity contribution < 1.29 is 9.47 Å². The molecule has 0 radical (unpaired) electrons. The first-order chi connectivity index (χ1) is 15.0. The molecule has 1 saturated carbocycles. The molecule has 2 aliphatic heterocycles. The van der Waals surface area contributed by atoms with Gasteiger partial charge in [0.1, 0.15) is 11.3 Å². The molecule has 0 bridgehead atoms. The summed E-state index contributed by atoms with van der Waals surface area (Å²) in [5, 5.41) is 10.1. The highest BCUT2D eigenvalue weighted by atomic mass is 32.1. The Balaban J connectivity index is 1.72. The Labute approximate surface area is 195 Å². The molecule has 0 aromatic heterocycles. The summed E-state index contributed by atoms with van der Waals surface area (Å²) >= 11 is 5.67. The van der Waals surface area contributed by atoms with Gasteiger partial charge in [-0.3, -0.25) is 5.01 Å². The Morgan fingerprint density at radius 3 is 2.32 bits per heavy atom. The average Bonchev–Trinajstić information content (AvgIpc) is 2.76. The fraction of sp³-hybridized carbons (Fsp3) is 0.917. The fourth-order valence-corrected chi connectivity index (χ4v) is 5.57. The topological polar surface area (TPSA) is 49.3 Å². The normalized spacial score (nSPS) is 34.7. The molecule has 3 rings (SSSR count). The van der Waals surface area contributed by atoms with Gasteiger partial charge in [-0.1, -0.05) is 57.2 Å². The van der Waals surface area contributed by atoms with Crippen molar-refractivity contribution in [3.63, 3.8) is 0 Å². The fourth-order valence-electron chi connectivity index (χ4n) is 5.26. The molecular weight excluding hydrogens is 408 g/mol. The molecule has 178 valence electrons. The summed E-state index contributed by atoms with van der Waals surface area (Å²) in [4.78, 5) is 2.87. The molecular formula is C24H44N4O2S. The molecule has 7 heteroatoms. The zero-order valence-electron chi connectivity index (χ0n) is 20.0. The Morgan fingerprint density at radius 2 is 1.71 bits per heavy atom. The highest BCUT2D eigenvalue weighted by Crippen LogP contribution is 2.38. The minimum absolute atomic E-state index is 0.208. The number of hydrogen-bond acceptors (Lipinski definition) is 6. The monoisotopic (exact) mass is 452 g/mol. The zero-order chi connectivity index (χ0) is 22.1. The van der Waals surface area contributed by atoms with Crippen LogP contribution < -0.4 is 5.32 Å². The number of thiocarbonyl (C=S) groups is 1. The lowest BCUT2D eigenvalue weighted by Gasteiger charge is -2.47.